The number of nitrogens with zero attached hydrogens (tertiary/aromatic N) is 2. The van der Waals surface area contributed by atoms with Crippen molar-refractivity contribution >= 4 is 11.3 Å². The molecule has 4 heteroatoms. The average Bonchev–Trinajstić information content (AvgIpc) is 2.28. The van der Waals surface area contributed by atoms with E-state index in [0.29, 0.717) is 0 Å². The molecule has 1 heterocycles. The van der Waals surface area contributed by atoms with Crippen molar-refractivity contribution < 1.29 is 4.92 Å². The summed E-state index contributed by atoms with van der Waals surface area (Å²) in [5.74, 6) is 0. The molecule has 1 aromatic carbocycles. The van der Waals surface area contributed by atoms with Crippen molar-refractivity contribution in [1.82, 2.24) is 4.90 Å². The van der Waals surface area contributed by atoms with Gasteiger partial charge in [-0.2, -0.15) is 0 Å². The second kappa shape index (κ2) is 4.67. The van der Waals surface area contributed by atoms with Gasteiger partial charge in [-0.3, -0.25) is 10.1 Å². The number of nitro benzene ring substituents is 1. The summed E-state index contributed by atoms with van der Waals surface area (Å²) in [6.07, 6.45) is 3.08. The maximum Gasteiger partial charge on any atom is 0.277 e. The van der Waals surface area contributed by atoms with Gasteiger partial charge in [-0.25, -0.2) is 0 Å². The molecule has 0 radical (unpaired) electrons. The molecule has 0 bridgehead atoms. The van der Waals surface area contributed by atoms with Crippen molar-refractivity contribution in [2.45, 2.75) is 13.3 Å². The molecule has 4 nitrogen and oxygen atoms in total. The van der Waals surface area contributed by atoms with E-state index in [1.165, 1.54) is 0 Å². The van der Waals surface area contributed by atoms with Crippen LogP contribution in [0.5, 0.6) is 0 Å². The summed E-state index contributed by atoms with van der Waals surface area (Å²) >= 11 is 0. The van der Waals surface area contributed by atoms with Gasteiger partial charge in [0.2, 0.25) is 0 Å². The maximum absolute atomic E-state index is 11.1. The normalized spacial score (nSPS) is 16.7. The lowest BCUT2D eigenvalue weighted by Gasteiger charge is -2.23. The van der Waals surface area contributed by atoms with Crippen LogP contribution in [-0.2, 0) is 0 Å². The highest BCUT2D eigenvalue weighted by molar-refractivity contribution is 5.76. The predicted octanol–water partition coefficient (Wildman–Crippen LogP) is 2.62. The summed E-state index contributed by atoms with van der Waals surface area (Å²) in [5, 5.41) is 11.1. The Bertz CT molecular complexity index is 480. The Hall–Kier alpha value is -1.68. The van der Waals surface area contributed by atoms with Crippen molar-refractivity contribution in [3.63, 3.8) is 0 Å². The lowest BCUT2D eigenvalue weighted by Crippen LogP contribution is -2.25. The Morgan fingerprint density at radius 2 is 2.18 bits per heavy atom. The third-order valence-electron chi connectivity index (χ3n) is 3.11. The first kappa shape index (κ1) is 11.8. The van der Waals surface area contributed by atoms with E-state index in [9.17, 15) is 10.1 Å². The quantitative estimate of drug-likeness (QED) is 0.581. The van der Waals surface area contributed by atoms with Gasteiger partial charge in [0.1, 0.15) is 0 Å². The second-order valence-corrected chi connectivity index (χ2v) is 4.48. The Morgan fingerprint density at radius 1 is 1.41 bits per heavy atom. The highest BCUT2D eigenvalue weighted by atomic mass is 16.6. The molecular formula is C13H16N2O2. The van der Waals surface area contributed by atoms with Crippen molar-refractivity contribution in [2.75, 3.05) is 20.1 Å². The summed E-state index contributed by atoms with van der Waals surface area (Å²) in [5.41, 5.74) is 3.06. The van der Waals surface area contributed by atoms with Crippen LogP contribution in [0.15, 0.2) is 24.3 Å². The van der Waals surface area contributed by atoms with Crippen molar-refractivity contribution in [1.29, 1.82) is 0 Å². The van der Waals surface area contributed by atoms with Gasteiger partial charge in [-0.05, 0) is 31.5 Å². The highest BCUT2D eigenvalue weighted by Gasteiger charge is 2.21. The van der Waals surface area contributed by atoms with Gasteiger partial charge >= 0.3 is 0 Å². The van der Waals surface area contributed by atoms with Gasteiger partial charge in [-0.15, -0.1) is 0 Å². The average molecular weight is 232 g/mol. The lowest BCUT2D eigenvalue weighted by atomic mass is 9.95. The monoisotopic (exact) mass is 232 g/mol. The van der Waals surface area contributed by atoms with Crippen LogP contribution >= 0.6 is 0 Å². The van der Waals surface area contributed by atoms with Crippen LogP contribution < -0.4 is 0 Å². The van der Waals surface area contributed by atoms with Crippen molar-refractivity contribution in [3.8, 4) is 0 Å². The molecule has 0 aliphatic carbocycles. The second-order valence-electron chi connectivity index (χ2n) is 4.48. The molecule has 0 atom stereocenters. The first-order valence-corrected chi connectivity index (χ1v) is 5.71. The minimum Gasteiger partial charge on any atom is -0.302 e. The van der Waals surface area contributed by atoms with Crippen LogP contribution in [0.2, 0.25) is 0 Å². The molecule has 17 heavy (non-hydrogen) atoms. The zero-order chi connectivity index (χ0) is 12.4. The molecule has 0 fully saturated rings. The third kappa shape index (κ3) is 2.36. The molecule has 0 saturated heterocycles. The molecular weight excluding hydrogens is 216 g/mol. The molecule has 2 rings (SSSR count). The van der Waals surface area contributed by atoms with Crippen molar-refractivity contribution in [2.24, 2.45) is 0 Å². The van der Waals surface area contributed by atoms with Crippen LogP contribution in [-0.4, -0.2) is 30.0 Å². The smallest absolute Gasteiger partial charge is 0.277 e. The Labute approximate surface area is 101 Å². The molecule has 90 valence electrons. The van der Waals surface area contributed by atoms with E-state index in [0.717, 1.165) is 36.2 Å². The van der Waals surface area contributed by atoms with Crippen LogP contribution in [0.1, 0.15) is 17.5 Å². The van der Waals surface area contributed by atoms with Gasteiger partial charge in [0.05, 0.1) is 10.5 Å². The summed E-state index contributed by atoms with van der Waals surface area (Å²) in [7, 11) is 2.04. The van der Waals surface area contributed by atoms with Gasteiger partial charge < -0.3 is 4.90 Å². The number of rotatable bonds is 2. The first-order chi connectivity index (χ1) is 8.09. The molecule has 0 amide bonds. The topological polar surface area (TPSA) is 46.4 Å². The fourth-order valence-electron chi connectivity index (χ4n) is 2.30. The number of nitro groups is 1. The van der Waals surface area contributed by atoms with E-state index in [2.05, 4.69) is 11.0 Å². The predicted molar refractivity (Wildman–Crippen MR) is 67.9 cm³/mol. The largest absolute Gasteiger partial charge is 0.302 e. The SMILES string of the molecule is Cc1cccc([N+](=O)[O-])c1C1=CCCN(C)C1. The minimum atomic E-state index is -0.294. The molecule has 1 aliphatic heterocycles. The molecule has 0 saturated carbocycles. The van der Waals surface area contributed by atoms with Crippen LogP contribution in [0.3, 0.4) is 0 Å². The summed E-state index contributed by atoms with van der Waals surface area (Å²) < 4.78 is 0. The lowest BCUT2D eigenvalue weighted by molar-refractivity contribution is -0.385. The van der Waals surface area contributed by atoms with Gasteiger partial charge in [0.25, 0.3) is 5.69 Å². The number of benzene rings is 1. The summed E-state index contributed by atoms with van der Waals surface area (Å²) in [4.78, 5) is 13.0. The minimum absolute atomic E-state index is 0.214. The molecule has 0 unspecified atom stereocenters. The van der Waals surface area contributed by atoms with Crippen LogP contribution in [0, 0.1) is 17.0 Å². The molecule has 1 aliphatic rings. The zero-order valence-corrected chi connectivity index (χ0v) is 10.1. The van der Waals surface area contributed by atoms with Gasteiger partial charge in [0.15, 0.2) is 0 Å². The number of aryl methyl sites for hydroxylation is 1. The molecule has 1 aromatic rings. The van der Waals surface area contributed by atoms with Crippen LogP contribution in [0.25, 0.3) is 5.57 Å². The van der Waals surface area contributed by atoms with Crippen LogP contribution in [0.4, 0.5) is 5.69 Å². The zero-order valence-electron chi connectivity index (χ0n) is 10.1. The third-order valence-corrected chi connectivity index (χ3v) is 3.11. The van der Waals surface area contributed by atoms with E-state index < -0.39 is 0 Å². The first-order valence-electron chi connectivity index (χ1n) is 5.71. The number of hydrogen-bond donors (Lipinski definition) is 0. The fraction of sp³-hybridized carbons (Fsp3) is 0.385. The number of hydrogen-bond acceptors (Lipinski definition) is 3. The highest BCUT2D eigenvalue weighted by Crippen LogP contribution is 2.31. The molecule has 0 aromatic heterocycles. The standard InChI is InChI=1S/C13H16N2O2/c1-10-5-3-7-12(15(16)17)13(10)11-6-4-8-14(2)9-11/h3,5-7H,4,8-9H2,1-2H3. The maximum atomic E-state index is 11.1. The van der Waals surface area contributed by atoms with E-state index in [1.807, 2.05) is 20.0 Å². The van der Waals surface area contributed by atoms with E-state index in [4.69, 9.17) is 0 Å². The molecule has 0 spiro atoms. The van der Waals surface area contributed by atoms with E-state index in [1.54, 1.807) is 12.1 Å². The van der Waals surface area contributed by atoms with Gasteiger partial charge in [-0.1, -0.05) is 18.2 Å². The van der Waals surface area contributed by atoms with E-state index in [-0.39, 0.29) is 10.6 Å². The Kier molecular flexibility index (Phi) is 3.24. The number of likely N-dealkylation sites (N-methyl/N-ethyl adjacent to an activating group) is 1. The Morgan fingerprint density at radius 3 is 2.82 bits per heavy atom. The summed E-state index contributed by atoms with van der Waals surface area (Å²) in [6.45, 7) is 3.73. The van der Waals surface area contributed by atoms with Crippen molar-refractivity contribution in [3.05, 3.63) is 45.5 Å². The van der Waals surface area contributed by atoms with E-state index >= 15 is 0 Å². The van der Waals surface area contributed by atoms with Gasteiger partial charge in [0, 0.05) is 19.2 Å². The fourth-order valence-corrected chi connectivity index (χ4v) is 2.30. The molecule has 0 N–H and O–H groups in total. The summed E-state index contributed by atoms with van der Waals surface area (Å²) in [6, 6.07) is 5.25. The Balaban J connectivity index is 2.50.